The number of carboxylic acids is 1. The highest BCUT2D eigenvalue weighted by atomic mass is 16.5. The highest BCUT2D eigenvalue weighted by Crippen LogP contribution is 2.22. The number of nitrogens with zero attached hydrogens (tertiary/aromatic N) is 1. The first-order valence-corrected chi connectivity index (χ1v) is 6.52. The SMILES string of the molecule is O=C(O)c1ccncc1OCc1cccc2ccccc12. The Hall–Kier alpha value is -2.88. The summed E-state index contributed by atoms with van der Waals surface area (Å²) in [5.41, 5.74) is 1.12. The number of aromatic nitrogens is 1. The zero-order valence-electron chi connectivity index (χ0n) is 11.2. The molecule has 0 amide bonds. The number of benzene rings is 2. The molecular weight excluding hydrogens is 266 g/mol. The average Bonchev–Trinajstić information content (AvgIpc) is 2.53. The van der Waals surface area contributed by atoms with E-state index < -0.39 is 5.97 Å². The van der Waals surface area contributed by atoms with Crippen molar-refractivity contribution in [2.75, 3.05) is 0 Å². The van der Waals surface area contributed by atoms with Crippen molar-refractivity contribution in [3.8, 4) is 5.75 Å². The van der Waals surface area contributed by atoms with Crippen molar-refractivity contribution < 1.29 is 14.6 Å². The van der Waals surface area contributed by atoms with Crippen LogP contribution in [-0.2, 0) is 6.61 Å². The van der Waals surface area contributed by atoms with Crippen molar-refractivity contribution >= 4 is 16.7 Å². The number of pyridine rings is 1. The molecule has 4 nitrogen and oxygen atoms in total. The molecule has 0 saturated carbocycles. The molecular formula is C17H13NO3. The third-order valence-corrected chi connectivity index (χ3v) is 3.28. The number of carbonyl (C=O) groups is 1. The molecule has 0 spiro atoms. The molecule has 3 rings (SSSR count). The number of ether oxygens (including phenoxy) is 1. The van der Waals surface area contributed by atoms with Gasteiger partial charge in [0.25, 0.3) is 0 Å². The van der Waals surface area contributed by atoms with Crippen LogP contribution in [0.25, 0.3) is 10.8 Å². The van der Waals surface area contributed by atoms with Crippen LogP contribution < -0.4 is 4.74 Å². The van der Waals surface area contributed by atoms with Crippen LogP contribution in [-0.4, -0.2) is 16.1 Å². The summed E-state index contributed by atoms with van der Waals surface area (Å²) in [6.45, 7) is 0.299. The van der Waals surface area contributed by atoms with E-state index in [4.69, 9.17) is 9.84 Å². The third-order valence-electron chi connectivity index (χ3n) is 3.28. The smallest absolute Gasteiger partial charge is 0.339 e. The van der Waals surface area contributed by atoms with Gasteiger partial charge in [0.15, 0.2) is 5.75 Å². The fourth-order valence-corrected chi connectivity index (χ4v) is 2.25. The van der Waals surface area contributed by atoms with Gasteiger partial charge in [0.05, 0.1) is 6.20 Å². The Bertz CT molecular complexity index is 793. The second kappa shape index (κ2) is 5.63. The predicted molar refractivity (Wildman–Crippen MR) is 79.5 cm³/mol. The lowest BCUT2D eigenvalue weighted by Crippen LogP contribution is -2.04. The van der Waals surface area contributed by atoms with Gasteiger partial charge in [0.1, 0.15) is 12.2 Å². The zero-order valence-corrected chi connectivity index (χ0v) is 11.2. The molecule has 2 aromatic carbocycles. The normalized spacial score (nSPS) is 10.5. The molecule has 0 fully saturated rings. The van der Waals surface area contributed by atoms with Gasteiger partial charge in [0, 0.05) is 6.20 Å². The summed E-state index contributed by atoms with van der Waals surface area (Å²) in [7, 11) is 0. The van der Waals surface area contributed by atoms with Gasteiger partial charge in [-0.1, -0.05) is 42.5 Å². The largest absolute Gasteiger partial charge is 0.486 e. The van der Waals surface area contributed by atoms with Gasteiger partial charge in [-0.2, -0.15) is 0 Å². The molecule has 1 heterocycles. The summed E-state index contributed by atoms with van der Waals surface area (Å²) >= 11 is 0. The Morgan fingerprint density at radius 3 is 2.76 bits per heavy atom. The van der Waals surface area contributed by atoms with Crippen LogP contribution in [0.2, 0.25) is 0 Å². The molecule has 0 saturated heterocycles. The molecule has 0 radical (unpaired) electrons. The molecule has 21 heavy (non-hydrogen) atoms. The lowest BCUT2D eigenvalue weighted by atomic mass is 10.1. The number of aromatic carboxylic acids is 1. The first kappa shape index (κ1) is 13.1. The van der Waals surface area contributed by atoms with Gasteiger partial charge in [-0.05, 0) is 22.4 Å². The standard InChI is InChI=1S/C17H13NO3/c19-17(20)15-8-9-18-10-16(15)21-11-13-6-3-5-12-4-1-2-7-14(12)13/h1-10H,11H2,(H,19,20). The molecule has 0 unspecified atom stereocenters. The second-order valence-electron chi connectivity index (χ2n) is 4.60. The monoisotopic (exact) mass is 279 g/mol. The van der Waals surface area contributed by atoms with Crippen LogP contribution in [0.4, 0.5) is 0 Å². The summed E-state index contributed by atoms with van der Waals surface area (Å²) in [6, 6.07) is 15.4. The lowest BCUT2D eigenvalue weighted by Gasteiger charge is -2.10. The van der Waals surface area contributed by atoms with Crippen molar-refractivity contribution in [2.24, 2.45) is 0 Å². The molecule has 0 aliphatic carbocycles. The first-order valence-electron chi connectivity index (χ1n) is 6.52. The first-order chi connectivity index (χ1) is 10.3. The van der Waals surface area contributed by atoms with E-state index in [1.807, 2.05) is 42.5 Å². The molecule has 1 N–H and O–H groups in total. The topological polar surface area (TPSA) is 59.4 Å². The maximum atomic E-state index is 11.1. The van der Waals surface area contributed by atoms with Crippen LogP contribution >= 0.6 is 0 Å². The van der Waals surface area contributed by atoms with Gasteiger partial charge < -0.3 is 9.84 Å². The minimum atomic E-state index is -1.02. The van der Waals surface area contributed by atoms with E-state index in [-0.39, 0.29) is 11.3 Å². The summed E-state index contributed by atoms with van der Waals surface area (Å²) in [4.78, 5) is 15.1. The second-order valence-corrected chi connectivity index (χ2v) is 4.60. The number of hydrogen-bond donors (Lipinski definition) is 1. The summed E-state index contributed by atoms with van der Waals surface area (Å²) < 4.78 is 5.65. The van der Waals surface area contributed by atoms with Crippen molar-refractivity contribution in [3.63, 3.8) is 0 Å². The fraction of sp³-hybridized carbons (Fsp3) is 0.0588. The highest BCUT2D eigenvalue weighted by Gasteiger charge is 2.11. The third kappa shape index (κ3) is 2.69. The molecule has 104 valence electrons. The maximum Gasteiger partial charge on any atom is 0.339 e. The Morgan fingerprint density at radius 2 is 1.90 bits per heavy atom. The number of carboxylic acid groups (broad SMARTS) is 1. The van der Waals surface area contributed by atoms with E-state index in [0.29, 0.717) is 6.61 Å². The van der Waals surface area contributed by atoms with Crippen LogP contribution in [0.5, 0.6) is 5.75 Å². The maximum absolute atomic E-state index is 11.1. The Labute approximate surface area is 121 Å². The number of rotatable bonds is 4. The van der Waals surface area contributed by atoms with E-state index in [9.17, 15) is 4.79 Å². The minimum absolute atomic E-state index is 0.116. The van der Waals surface area contributed by atoms with Crippen LogP contribution in [0.3, 0.4) is 0 Å². The van der Waals surface area contributed by atoms with E-state index in [1.165, 1.54) is 18.5 Å². The van der Waals surface area contributed by atoms with E-state index in [1.54, 1.807) is 0 Å². The van der Waals surface area contributed by atoms with Gasteiger partial charge in [-0.3, -0.25) is 4.98 Å². The average molecular weight is 279 g/mol. The Morgan fingerprint density at radius 1 is 1.10 bits per heavy atom. The zero-order chi connectivity index (χ0) is 14.7. The van der Waals surface area contributed by atoms with Crippen molar-refractivity contribution in [3.05, 3.63) is 72.1 Å². The van der Waals surface area contributed by atoms with Crippen molar-refractivity contribution in [1.29, 1.82) is 0 Å². The molecule has 0 aliphatic heterocycles. The van der Waals surface area contributed by atoms with Crippen LogP contribution in [0, 0.1) is 0 Å². The summed E-state index contributed by atoms with van der Waals surface area (Å²) in [5.74, 6) is -0.747. The quantitative estimate of drug-likeness (QED) is 0.794. The van der Waals surface area contributed by atoms with E-state index >= 15 is 0 Å². The van der Waals surface area contributed by atoms with E-state index in [0.717, 1.165) is 16.3 Å². The van der Waals surface area contributed by atoms with Crippen LogP contribution in [0.15, 0.2) is 60.9 Å². The van der Waals surface area contributed by atoms with Crippen molar-refractivity contribution in [1.82, 2.24) is 4.98 Å². The fourth-order valence-electron chi connectivity index (χ4n) is 2.25. The number of fused-ring (bicyclic) bond motifs is 1. The molecule has 4 heteroatoms. The summed E-state index contributed by atoms with van der Waals surface area (Å²) in [5, 5.41) is 11.4. The van der Waals surface area contributed by atoms with Gasteiger partial charge >= 0.3 is 5.97 Å². The summed E-state index contributed by atoms with van der Waals surface area (Å²) in [6.07, 6.45) is 2.86. The molecule has 1 aromatic heterocycles. The molecule has 0 bridgehead atoms. The minimum Gasteiger partial charge on any atom is -0.486 e. The van der Waals surface area contributed by atoms with Crippen molar-refractivity contribution in [2.45, 2.75) is 6.61 Å². The molecule has 0 aliphatic rings. The van der Waals surface area contributed by atoms with Gasteiger partial charge in [0.2, 0.25) is 0 Å². The van der Waals surface area contributed by atoms with Crippen LogP contribution in [0.1, 0.15) is 15.9 Å². The lowest BCUT2D eigenvalue weighted by molar-refractivity contribution is 0.0691. The Kier molecular flexibility index (Phi) is 3.51. The molecule has 0 atom stereocenters. The number of hydrogen-bond acceptors (Lipinski definition) is 3. The molecule has 3 aromatic rings. The highest BCUT2D eigenvalue weighted by molar-refractivity contribution is 5.90. The predicted octanol–water partition coefficient (Wildman–Crippen LogP) is 3.51. The Balaban J connectivity index is 1.89. The van der Waals surface area contributed by atoms with Gasteiger partial charge in [-0.25, -0.2) is 4.79 Å². The van der Waals surface area contributed by atoms with Gasteiger partial charge in [-0.15, -0.1) is 0 Å². The van der Waals surface area contributed by atoms with E-state index in [2.05, 4.69) is 4.98 Å².